The summed E-state index contributed by atoms with van der Waals surface area (Å²) < 4.78 is 28.8. The Balaban J connectivity index is 1.52. The summed E-state index contributed by atoms with van der Waals surface area (Å²) in [6, 6.07) is 15.7. The zero-order valence-electron chi connectivity index (χ0n) is 13.6. The van der Waals surface area contributed by atoms with Crippen molar-refractivity contribution in [3.8, 4) is 0 Å². The number of hydrogen-bond donors (Lipinski definition) is 1. The summed E-state index contributed by atoms with van der Waals surface area (Å²) in [5.41, 5.74) is 4.11. The van der Waals surface area contributed by atoms with Crippen molar-refractivity contribution < 1.29 is 8.42 Å². The lowest BCUT2D eigenvalue weighted by Gasteiger charge is -2.07. The minimum atomic E-state index is -3.26. The number of nitrogens with one attached hydrogen (secondary N) is 1. The largest absolute Gasteiger partial charge is 0.334 e. The molecule has 24 heavy (non-hydrogen) atoms. The molecule has 3 rings (SSSR count). The summed E-state index contributed by atoms with van der Waals surface area (Å²) >= 11 is 0. The Bertz CT molecular complexity index is 918. The molecule has 0 spiro atoms. The molecule has 5 nitrogen and oxygen atoms in total. The molecular weight excluding hydrogens is 322 g/mol. The molecule has 0 saturated heterocycles. The van der Waals surface area contributed by atoms with Crippen LogP contribution in [0.15, 0.2) is 54.9 Å². The third kappa shape index (κ3) is 4.21. The Labute approximate surface area is 142 Å². The Morgan fingerprint density at radius 2 is 1.83 bits per heavy atom. The summed E-state index contributed by atoms with van der Waals surface area (Å²) in [7, 11) is -1.30. The molecule has 0 unspecified atom stereocenters. The molecule has 0 atom stereocenters. The minimum absolute atomic E-state index is 0.107. The molecule has 0 amide bonds. The molecule has 1 N–H and O–H groups in total. The SMILES string of the molecule is Cn1cnc2cc(CCNS(=O)(=O)CCc3ccccc3)ccc21. The van der Waals surface area contributed by atoms with Gasteiger partial charge in [0.05, 0.1) is 23.1 Å². The van der Waals surface area contributed by atoms with Gasteiger partial charge in [0.2, 0.25) is 10.0 Å². The van der Waals surface area contributed by atoms with Crippen molar-refractivity contribution in [2.24, 2.45) is 7.05 Å². The van der Waals surface area contributed by atoms with E-state index in [2.05, 4.69) is 9.71 Å². The van der Waals surface area contributed by atoms with Gasteiger partial charge >= 0.3 is 0 Å². The van der Waals surface area contributed by atoms with Crippen molar-refractivity contribution in [3.63, 3.8) is 0 Å². The molecule has 0 aliphatic heterocycles. The van der Waals surface area contributed by atoms with Crippen LogP contribution in [0.25, 0.3) is 11.0 Å². The van der Waals surface area contributed by atoms with E-state index in [4.69, 9.17) is 0 Å². The van der Waals surface area contributed by atoms with E-state index < -0.39 is 10.0 Å². The first-order valence-electron chi connectivity index (χ1n) is 7.95. The Hall–Kier alpha value is -2.18. The lowest BCUT2D eigenvalue weighted by molar-refractivity contribution is 0.581. The van der Waals surface area contributed by atoms with Crippen LogP contribution in [-0.2, 0) is 29.9 Å². The monoisotopic (exact) mass is 343 g/mol. The molecule has 3 aromatic rings. The van der Waals surface area contributed by atoms with E-state index in [1.165, 1.54) is 0 Å². The predicted octanol–water partition coefficient (Wildman–Crippen LogP) is 2.28. The second-order valence-corrected chi connectivity index (χ2v) is 7.80. The van der Waals surface area contributed by atoms with Gasteiger partial charge in [-0.1, -0.05) is 36.4 Å². The third-order valence-corrected chi connectivity index (χ3v) is 5.41. The van der Waals surface area contributed by atoms with Gasteiger partial charge < -0.3 is 4.57 Å². The van der Waals surface area contributed by atoms with Crippen LogP contribution >= 0.6 is 0 Å². The van der Waals surface area contributed by atoms with Crippen LogP contribution in [0.4, 0.5) is 0 Å². The van der Waals surface area contributed by atoms with E-state index in [-0.39, 0.29) is 5.75 Å². The molecule has 0 saturated carbocycles. The summed E-state index contributed by atoms with van der Waals surface area (Å²) in [6.45, 7) is 0.398. The van der Waals surface area contributed by atoms with Crippen LogP contribution in [0.3, 0.4) is 0 Å². The van der Waals surface area contributed by atoms with Gasteiger partial charge in [-0.05, 0) is 36.1 Å². The number of rotatable bonds is 7. The summed E-state index contributed by atoms with van der Waals surface area (Å²) in [4.78, 5) is 4.32. The third-order valence-electron chi connectivity index (χ3n) is 4.03. The Morgan fingerprint density at radius 1 is 1.04 bits per heavy atom. The molecule has 6 heteroatoms. The highest BCUT2D eigenvalue weighted by molar-refractivity contribution is 7.89. The lowest BCUT2D eigenvalue weighted by Crippen LogP contribution is -2.29. The molecule has 0 aliphatic carbocycles. The highest BCUT2D eigenvalue weighted by Crippen LogP contribution is 2.14. The highest BCUT2D eigenvalue weighted by Gasteiger charge is 2.10. The van der Waals surface area contributed by atoms with Crippen LogP contribution in [0.2, 0.25) is 0 Å². The Kier molecular flexibility index (Phi) is 4.97. The quantitative estimate of drug-likeness (QED) is 0.716. The number of aromatic nitrogens is 2. The second-order valence-electron chi connectivity index (χ2n) is 5.88. The zero-order valence-corrected chi connectivity index (χ0v) is 14.5. The van der Waals surface area contributed by atoms with Crippen LogP contribution in [-0.4, -0.2) is 30.3 Å². The fourth-order valence-corrected chi connectivity index (χ4v) is 3.72. The van der Waals surface area contributed by atoms with Gasteiger partial charge in [-0.2, -0.15) is 0 Å². The molecular formula is C18H21N3O2S. The number of aryl methyl sites for hydroxylation is 2. The van der Waals surface area contributed by atoms with Crippen molar-refractivity contribution in [2.75, 3.05) is 12.3 Å². The van der Waals surface area contributed by atoms with Crippen molar-refractivity contribution >= 4 is 21.1 Å². The van der Waals surface area contributed by atoms with Gasteiger partial charge in [-0.15, -0.1) is 0 Å². The van der Waals surface area contributed by atoms with Gasteiger partial charge in [-0.3, -0.25) is 0 Å². The number of imidazole rings is 1. The predicted molar refractivity (Wildman–Crippen MR) is 96.4 cm³/mol. The molecule has 0 fully saturated rings. The van der Waals surface area contributed by atoms with Crippen LogP contribution < -0.4 is 4.72 Å². The highest BCUT2D eigenvalue weighted by atomic mass is 32.2. The normalized spacial score (nSPS) is 11.9. The van der Waals surface area contributed by atoms with E-state index in [0.29, 0.717) is 19.4 Å². The van der Waals surface area contributed by atoms with Crippen LogP contribution in [0.5, 0.6) is 0 Å². The second kappa shape index (κ2) is 7.15. The maximum atomic E-state index is 12.1. The van der Waals surface area contributed by atoms with Gasteiger partial charge in [-0.25, -0.2) is 18.1 Å². The molecule has 0 aliphatic rings. The molecule has 2 aromatic carbocycles. The smallest absolute Gasteiger partial charge is 0.211 e. The van der Waals surface area contributed by atoms with E-state index in [9.17, 15) is 8.42 Å². The summed E-state index contributed by atoms with van der Waals surface area (Å²) in [6.07, 6.45) is 2.95. The standard InChI is InChI=1S/C18H21N3O2S/c1-21-14-19-17-13-16(7-8-18(17)21)9-11-20-24(22,23)12-10-15-5-3-2-4-6-15/h2-8,13-14,20H,9-12H2,1H3. The fourth-order valence-electron chi connectivity index (χ4n) is 2.66. The molecule has 0 bridgehead atoms. The number of hydrogen-bond acceptors (Lipinski definition) is 3. The lowest BCUT2D eigenvalue weighted by atomic mass is 10.1. The number of benzene rings is 2. The number of sulfonamides is 1. The molecule has 0 radical (unpaired) electrons. The van der Waals surface area contributed by atoms with Crippen molar-refractivity contribution in [3.05, 3.63) is 66.0 Å². The first-order valence-corrected chi connectivity index (χ1v) is 9.60. The average Bonchev–Trinajstić information content (AvgIpc) is 2.95. The van der Waals surface area contributed by atoms with Crippen molar-refractivity contribution in [1.82, 2.24) is 14.3 Å². The molecule has 126 valence electrons. The first kappa shape index (κ1) is 16.7. The van der Waals surface area contributed by atoms with Gasteiger partial charge in [0, 0.05) is 13.6 Å². The molecule has 1 heterocycles. The topological polar surface area (TPSA) is 64.0 Å². The fraction of sp³-hybridized carbons (Fsp3) is 0.278. The summed E-state index contributed by atoms with van der Waals surface area (Å²) in [5, 5.41) is 0. The van der Waals surface area contributed by atoms with Crippen molar-refractivity contribution in [1.29, 1.82) is 0 Å². The van der Waals surface area contributed by atoms with Gasteiger partial charge in [0.1, 0.15) is 0 Å². The summed E-state index contributed by atoms with van der Waals surface area (Å²) in [5.74, 6) is 0.107. The molecule has 1 aromatic heterocycles. The van der Waals surface area contributed by atoms with E-state index in [1.54, 1.807) is 6.33 Å². The zero-order chi connectivity index (χ0) is 17.0. The van der Waals surface area contributed by atoms with E-state index in [0.717, 1.165) is 22.2 Å². The van der Waals surface area contributed by atoms with Crippen molar-refractivity contribution in [2.45, 2.75) is 12.8 Å². The maximum absolute atomic E-state index is 12.1. The van der Waals surface area contributed by atoms with E-state index in [1.807, 2.05) is 60.1 Å². The Morgan fingerprint density at radius 3 is 2.62 bits per heavy atom. The first-order chi connectivity index (χ1) is 11.5. The van der Waals surface area contributed by atoms with E-state index >= 15 is 0 Å². The van der Waals surface area contributed by atoms with Crippen LogP contribution in [0.1, 0.15) is 11.1 Å². The number of nitrogens with zero attached hydrogens (tertiary/aromatic N) is 2. The van der Waals surface area contributed by atoms with Gasteiger partial charge in [0.25, 0.3) is 0 Å². The van der Waals surface area contributed by atoms with Crippen LogP contribution in [0, 0.1) is 0 Å². The maximum Gasteiger partial charge on any atom is 0.211 e. The number of fused-ring (bicyclic) bond motifs is 1. The minimum Gasteiger partial charge on any atom is -0.334 e. The average molecular weight is 343 g/mol. The van der Waals surface area contributed by atoms with Gasteiger partial charge in [0.15, 0.2) is 0 Å².